The van der Waals surface area contributed by atoms with Gasteiger partial charge in [0.1, 0.15) is 0 Å². The van der Waals surface area contributed by atoms with Crippen LogP contribution >= 0.6 is 0 Å². The summed E-state index contributed by atoms with van der Waals surface area (Å²) in [7, 11) is -1.12. The molecule has 0 heterocycles. The van der Waals surface area contributed by atoms with Crippen molar-refractivity contribution in [2.75, 3.05) is 6.61 Å². The van der Waals surface area contributed by atoms with Crippen LogP contribution in [0.25, 0.3) is 0 Å². The normalized spacial score (nSPS) is 15.1. The molecule has 0 rings (SSSR count). The molecule has 0 fully saturated rings. The average molecular weight is 293 g/mol. The molecule has 0 bridgehead atoms. The summed E-state index contributed by atoms with van der Waals surface area (Å²) in [5.74, 6) is 0. The van der Waals surface area contributed by atoms with Crippen LogP contribution in [-0.2, 0) is 0 Å². The molecular weight excluding hydrogens is 271 g/mol. The molecule has 0 aromatic rings. The Morgan fingerprint density at radius 3 is 1.75 bits per heavy atom. The van der Waals surface area contributed by atoms with Crippen LogP contribution in [0.2, 0.25) is 34.5 Å². The molecule has 0 atom stereocenters. The Labute approximate surface area is 81.8 Å². The van der Waals surface area contributed by atoms with Gasteiger partial charge in [-0.2, -0.15) is 0 Å². The topological polar surface area (TPSA) is 20.2 Å². The molecule has 12 heavy (non-hydrogen) atoms. The summed E-state index contributed by atoms with van der Waals surface area (Å²) in [5.41, 5.74) is 2.39. The maximum atomic E-state index is 9.23. The van der Waals surface area contributed by atoms with Crippen molar-refractivity contribution < 1.29 is 5.11 Å². The Kier molecular flexibility index (Phi) is 4.54. The van der Waals surface area contributed by atoms with Crippen molar-refractivity contribution in [2.45, 2.75) is 34.5 Å². The molecule has 0 radical (unpaired) electrons. The summed E-state index contributed by atoms with van der Waals surface area (Å²) in [6, 6.07) is 0. The van der Waals surface area contributed by atoms with Crippen molar-refractivity contribution in [1.29, 1.82) is 0 Å². The number of aliphatic hydroxyl groups excluding tert-OH is 1. The molecule has 0 spiro atoms. The molecular formula is C9H22OSiSn. The minimum absolute atomic E-state index is 0.295. The molecule has 3 heteroatoms. The van der Waals surface area contributed by atoms with Gasteiger partial charge in [0.25, 0.3) is 0 Å². The number of rotatable bonds is 3. The molecule has 0 aromatic heterocycles. The van der Waals surface area contributed by atoms with Gasteiger partial charge in [0.05, 0.1) is 0 Å². The van der Waals surface area contributed by atoms with Crippen LogP contribution in [0.15, 0.2) is 9.29 Å². The third-order valence-electron chi connectivity index (χ3n) is 1.74. The second-order valence-electron chi connectivity index (χ2n) is 5.44. The van der Waals surface area contributed by atoms with Crippen molar-refractivity contribution >= 4 is 26.5 Å². The molecule has 0 unspecified atom stereocenters. The van der Waals surface area contributed by atoms with Crippen LogP contribution in [0, 0.1) is 0 Å². The predicted molar refractivity (Wildman–Crippen MR) is 61.9 cm³/mol. The summed E-state index contributed by atoms with van der Waals surface area (Å²) in [5, 5.41) is 9.23. The first kappa shape index (κ1) is 12.7. The zero-order chi connectivity index (χ0) is 9.99. The molecule has 0 saturated carbocycles. The van der Waals surface area contributed by atoms with Gasteiger partial charge in [0, 0.05) is 0 Å². The van der Waals surface area contributed by atoms with Crippen molar-refractivity contribution in [3.8, 4) is 0 Å². The van der Waals surface area contributed by atoms with Gasteiger partial charge in [-0.25, -0.2) is 0 Å². The van der Waals surface area contributed by atoms with Crippen molar-refractivity contribution in [3.63, 3.8) is 0 Å². The average Bonchev–Trinajstić information content (AvgIpc) is 1.78. The maximum absolute atomic E-state index is 9.23. The Morgan fingerprint density at radius 2 is 1.67 bits per heavy atom. The van der Waals surface area contributed by atoms with E-state index in [0.29, 0.717) is 6.61 Å². The van der Waals surface area contributed by atoms with Crippen LogP contribution in [0.5, 0.6) is 0 Å². The fourth-order valence-corrected chi connectivity index (χ4v) is 11.4. The van der Waals surface area contributed by atoms with Crippen LogP contribution in [-0.4, -0.2) is 38.2 Å². The van der Waals surface area contributed by atoms with Crippen molar-refractivity contribution in [2.24, 2.45) is 0 Å². The summed E-state index contributed by atoms with van der Waals surface area (Å²) < 4.78 is 1.39. The van der Waals surface area contributed by atoms with Gasteiger partial charge >= 0.3 is 81.9 Å². The summed E-state index contributed by atoms with van der Waals surface area (Å²) in [6.45, 7) is 7.25. The standard InChI is InChI=1S/C6H13OSi.3CH3.Sn/c1-8(2,3)6-4-5-7;;;;/h6-7H,5H2,1-3H3;3*1H3;. The van der Waals surface area contributed by atoms with E-state index in [9.17, 15) is 5.11 Å². The Balaban J connectivity index is 4.68. The van der Waals surface area contributed by atoms with E-state index < -0.39 is 26.5 Å². The van der Waals surface area contributed by atoms with Crippen LogP contribution in [0.1, 0.15) is 0 Å². The Morgan fingerprint density at radius 1 is 1.25 bits per heavy atom. The molecule has 0 aliphatic carbocycles. The summed E-state index contributed by atoms with van der Waals surface area (Å²) >= 11 is -1.95. The predicted octanol–water partition coefficient (Wildman–Crippen LogP) is 2.66. The molecule has 1 N–H and O–H groups in total. The fourth-order valence-electron chi connectivity index (χ4n) is 1.02. The zero-order valence-corrected chi connectivity index (χ0v) is 13.1. The Bertz CT molecular complexity index is 174. The summed E-state index contributed by atoms with van der Waals surface area (Å²) in [6.07, 6.45) is 0. The summed E-state index contributed by atoms with van der Waals surface area (Å²) in [4.78, 5) is 7.07. The van der Waals surface area contributed by atoms with E-state index in [-0.39, 0.29) is 0 Å². The van der Waals surface area contributed by atoms with E-state index in [1.54, 1.807) is 0 Å². The third-order valence-corrected chi connectivity index (χ3v) is 10.1. The molecule has 0 aliphatic rings. The molecule has 0 saturated heterocycles. The van der Waals surface area contributed by atoms with Crippen molar-refractivity contribution in [1.82, 2.24) is 0 Å². The van der Waals surface area contributed by atoms with Crippen LogP contribution < -0.4 is 0 Å². The first-order valence-corrected chi connectivity index (χ1v) is 18.1. The SMILES string of the molecule is C[Si](C)(C)/C=[C](/CO)[Sn]([CH3])([CH3])[CH3]. The number of hydrogen-bond acceptors (Lipinski definition) is 1. The van der Waals surface area contributed by atoms with E-state index in [1.165, 1.54) is 3.59 Å². The van der Waals surface area contributed by atoms with Gasteiger partial charge in [-0.3, -0.25) is 0 Å². The van der Waals surface area contributed by atoms with Gasteiger partial charge in [-0.05, 0) is 0 Å². The molecule has 72 valence electrons. The second kappa shape index (κ2) is 4.29. The number of hydrogen-bond donors (Lipinski definition) is 1. The fraction of sp³-hybridized carbons (Fsp3) is 0.778. The van der Waals surface area contributed by atoms with E-state index in [2.05, 4.69) is 40.2 Å². The van der Waals surface area contributed by atoms with E-state index in [1.807, 2.05) is 0 Å². The van der Waals surface area contributed by atoms with E-state index in [4.69, 9.17) is 0 Å². The second-order valence-corrected chi connectivity index (χ2v) is 25.1. The zero-order valence-electron chi connectivity index (χ0n) is 9.23. The molecule has 1 nitrogen and oxygen atoms in total. The third kappa shape index (κ3) is 5.38. The van der Waals surface area contributed by atoms with E-state index >= 15 is 0 Å². The van der Waals surface area contributed by atoms with Gasteiger partial charge in [0.2, 0.25) is 0 Å². The van der Waals surface area contributed by atoms with Crippen LogP contribution in [0.4, 0.5) is 0 Å². The van der Waals surface area contributed by atoms with Gasteiger partial charge < -0.3 is 0 Å². The van der Waals surface area contributed by atoms with Gasteiger partial charge in [-0.15, -0.1) is 0 Å². The Hall–Kier alpha value is 0.716. The molecule has 0 aliphatic heterocycles. The first-order chi connectivity index (χ1) is 5.17. The van der Waals surface area contributed by atoms with Gasteiger partial charge in [-0.1, -0.05) is 0 Å². The number of aliphatic hydroxyl groups is 1. The van der Waals surface area contributed by atoms with Gasteiger partial charge in [0.15, 0.2) is 0 Å². The monoisotopic (exact) mass is 294 g/mol. The quantitative estimate of drug-likeness (QED) is 0.793. The van der Waals surface area contributed by atoms with E-state index in [0.717, 1.165) is 0 Å². The first-order valence-electron chi connectivity index (χ1n) is 4.50. The van der Waals surface area contributed by atoms with Crippen molar-refractivity contribution in [3.05, 3.63) is 9.29 Å². The minimum atomic E-state index is -1.95. The molecule has 0 amide bonds. The molecule has 0 aromatic carbocycles. The van der Waals surface area contributed by atoms with Crippen LogP contribution in [0.3, 0.4) is 0 Å².